The Balaban J connectivity index is 3.01. The highest BCUT2D eigenvalue weighted by Gasteiger charge is 2.03. The number of H-pyrrole nitrogens is 1. The van der Waals surface area contributed by atoms with Gasteiger partial charge < -0.3 is 10.2 Å². The Morgan fingerprint density at radius 1 is 1.64 bits per heavy atom. The number of rotatable bonds is 0. The third-order valence-corrected chi connectivity index (χ3v) is 1.36. The van der Waals surface area contributed by atoms with Crippen molar-refractivity contribution in [3.05, 3.63) is 22.8 Å². The summed E-state index contributed by atoms with van der Waals surface area (Å²) in [6.45, 7) is 0. The number of nitrogens with one attached hydrogen (secondary N) is 1. The van der Waals surface area contributed by atoms with Crippen molar-refractivity contribution in [3.63, 3.8) is 0 Å². The molecule has 0 aliphatic carbocycles. The van der Waals surface area contributed by atoms with Gasteiger partial charge in [-0.15, -0.1) is 0 Å². The van der Waals surface area contributed by atoms with Crippen LogP contribution in [0.3, 0.4) is 0 Å². The quantitative estimate of drug-likeness (QED) is 0.559. The Hall–Kier alpha value is -1.78. The Kier molecular flexibility index (Phi) is 1.00. The van der Waals surface area contributed by atoms with E-state index >= 15 is 0 Å². The van der Waals surface area contributed by atoms with Gasteiger partial charge in [-0.1, -0.05) is 0 Å². The molecular formula is C6H5N3O2. The smallest absolute Gasteiger partial charge is 0.404 e. The van der Waals surface area contributed by atoms with E-state index < -0.39 is 5.76 Å². The van der Waals surface area contributed by atoms with Crippen molar-refractivity contribution in [1.29, 1.82) is 0 Å². The Morgan fingerprint density at radius 3 is 3.18 bits per heavy atom. The SMILES string of the molecule is Nc1nccc2[nH]c(=O)oc12. The maximum absolute atomic E-state index is 10.6. The number of hydrogen-bond donors (Lipinski definition) is 2. The van der Waals surface area contributed by atoms with Gasteiger partial charge in [0, 0.05) is 6.20 Å². The maximum Gasteiger partial charge on any atom is 0.417 e. The number of oxazole rings is 1. The normalized spacial score (nSPS) is 10.5. The predicted octanol–water partition coefficient (Wildman–Crippen LogP) is 0.0983. The number of anilines is 1. The van der Waals surface area contributed by atoms with Gasteiger partial charge in [0.15, 0.2) is 11.4 Å². The lowest BCUT2D eigenvalue weighted by Gasteiger charge is -1.88. The molecule has 5 heteroatoms. The minimum atomic E-state index is -0.514. The molecule has 0 saturated heterocycles. The van der Waals surface area contributed by atoms with Crippen molar-refractivity contribution in [2.24, 2.45) is 0 Å². The molecule has 2 heterocycles. The zero-order chi connectivity index (χ0) is 7.84. The van der Waals surface area contributed by atoms with E-state index in [0.29, 0.717) is 11.1 Å². The van der Waals surface area contributed by atoms with Crippen LogP contribution in [0.2, 0.25) is 0 Å². The minimum Gasteiger partial charge on any atom is -0.404 e. The summed E-state index contributed by atoms with van der Waals surface area (Å²) in [6.07, 6.45) is 1.50. The lowest BCUT2D eigenvalue weighted by atomic mass is 10.4. The summed E-state index contributed by atoms with van der Waals surface area (Å²) in [6, 6.07) is 1.62. The van der Waals surface area contributed by atoms with Crippen LogP contribution in [0.1, 0.15) is 0 Å². The third-order valence-electron chi connectivity index (χ3n) is 1.36. The molecule has 0 fully saturated rings. The first-order valence-electron chi connectivity index (χ1n) is 3.00. The van der Waals surface area contributed by atoms with Gasteiger partial charge in [-0.05, 0) is 6.07 Å². The first-order chi connectivity index (χ1) is 5.27. The molecule has 2 aromatic heterocycles. The summed E-state index contributed by atoms with van der Waals surface area (Å²) < 4.78 is 4.70. The average molecular weight is 151 g/mol. The number of pyridine rings is 1. The van der Waals surface area contributed by atoms with Crippen molar-refractivity contribution in [3.8, 4) is 0 Å². The Bertz CT molecular complexity index is 442. The summed E-state index contributed by atoms with van der Waals surface area (Å²) in [4.78, 5) is 16.8. The maximum atomic E-state index is 10.6. The Morgan fingerprint density at radius 2 is 2.45 bits per heavy atom. The van der Waals surface area contributed by atoms with E-state index in [2.05, 4.69) is 9.97 Å². The second-order valence-corrected chi connectivity index (χ2v) is 2.09. The predicted molar refractivity (Wildman–Crippen MR) is 39.0 cm³/mol. The zero-order valence-corrected chi connectivity index (χ0v) is 5.50. The van der Waals surface area contributed by atoms with E-state index in [0.717, 1.165) is 0 Å². The summed E-state index contributed by atoms with van der Waals surface area (Å²) in [7, 11) is 0. The Labute approximate surface area is 60.8 Å². The highest BCUT2D eigenvalue weighted by atomic mass is 16.4. The molecule has 0 aromatic carbocycles. The highest BCUT2D eigenvalue weighted by molar-refractivity contribution is 5.81. The van der Waals surface area contributed by atoms with Crippen LogP contribution in [-0.4, -0.2) is 9.97 Å². The van der Waals surface area contributed by atoms with Crippen molar-refractivity contribution in [2.45, 2.75) is 0 Å². The van der Waals surface area contributed by atoms with E-state index in [1.807, 2.05) is 0 Å². The lowest BCUT2D eigenvalue weighted by Crippen LogP contribution is -1.92. The summed E-state index contributed by atoms with van der Waals surface area (Å²) >= 11 is 0. The van der Waals surface area contributed by atoms with E-state index in [-0.39, 0.29) is 5.82 Å². The lowest BCUT2D eigenvalue weighted by molar-refractivity contribution is 0.555. The third kappa shape index (κ3) is 0.778. The number of aromatic nitrogens is 2. The van der Waals surface area contributed by atoms with Crippen LogP contribution in [0, 0.1) is 0 Å². The number of nitrogens with zero attached hydrogens (tertiary/aromatic N) is 1. The minimum absolute atomic E-state index is 0.223. The van der Waals surface area contributed by atoms with Crippen LogP contribution < -0.4 is 11.5 Å². The molecule has 56 valence electrons. The molecule has 0 spiro atoms. The molecule has 0 radical (unpaired) electrons. The number of nitrogen functional groups attached to an aromatic ring is 1. The molecule has 0 atom stereocenters. The van der Waals surface area contributed by atoms with Gasteiger partial charge in [0.1, 0.15) is 0 Å². The fourth-order valence-electron chi connectivity index (χ4n) is 0.898. The van der Waals surface area contributed by atoms with Crippen LogP contribution >= 0.6 is 0 Å². The van der Waals surface area contributed by atoms with E-state index in [4.69, 9.17) is 10.2 Å². The average Bonchev–Trinajstić information content (AvgIpc) is 2.31. The van der Waals surface area contributed by atoms with Crippen LogP contribution in [0.4, 0.5) is 5.82 Å². The van der Waals surface area contributed by atoms with E-state index in [9.17, 15) is 4.79 Å². The molecule has 2 rings (SSSR count). The van der Waals surface area contributed by atoms with Crippen molar-refractivity contribution in [1.82, 2.24) is 9.97 Å². The second-order valence-electron chi connectivity index (χ2n) is 2.09. The van der Waals surface area contributed by atoms with Crippen molar-refractivity contribution < 1.29 is 4.42 Å². The van der Waals surface area contributed by atoms with Crippen LogP contribution in [0.15, 0.2) is 21.5 Å². The monoisotopic (exact) mass is 151 g/mol. The fraction of sp³-hybridized carbons (Fsp3) is 0. The first-order valence-corrected chi connectivity index (χ1v) is 3.00. The van der Waals surface area contributed by atoms with Gasteiger partial charge in [0.2, 0.25) is 0 Å². The molecular weight excluding hydrogens is 146 g/mol. The zero-order valence-electron chi connectivity index (χ0n) is 5.50. The molecule has 0 aliphatic heterocycles. The standard InChI is InChI=1S/C6H5N3O2/c7-5-4-3(1-2-8-5)9-6(10)11-4/h1-2H,(H2,7,8)(H,9,10). The van der Waals surface area contributed by atoms with E-state index in [1.54, 1.807) is 6.07 Å². The van der Waals surface area contributed by atoms with Crippen molar-refractivity contribution >= 4 is 16.9 Å². The fourth-order valence-corrected chi connectivity index (χ4v) is 0.898. The van der Waals surface area contributed by atoms with Crippen molar-refractivity contribution in [2.75, 3.05) is 5.73 Å². The van der Waals surface area contributed by atoms with Crippen LogP contribution in [-0.2, 0) is 0 Å². The molecule has 3 N–H and O–H groups in total. The molecule has 0 aliphatic rings. The van der Waals surface area contributed by atoms with Crippen LogP contribution in [0.25, 0.3) is 11.1 Å². The van der Waals surface area contributed by atoms with Gasteiger partial charge in [-0.25, -0.2) is 9.78 Å². The summed E-state index contributed by atoms with van der Waals surface area (Å²) in [5, 5.41) is 0. The van der Waals surface area contributed by atoms with E-state index in [1.165, 1.54) is 6.20 Å². The highest BCUT2D eigenvalue weighted by Crippen LogP contribution is 2.13. The van der Waals surface area contributed by atoms with Gasteiger partial charge >= 0.3 is 5.76 Å². The number of aromatic amines is 1. The molecule has 0 amide bonds. The van der Waals surface area contributed by atoms with Gasteiger partial charge in [-0.3, -0.25) is 4.98 Å². The summed E-state index contributed by atoms with van der Waals surface area (Å²) in [5.41, 5.74) is 6.29. The molecule has 0 saturated carbocycles. The molecule has 2 aromatic rings. The second kappa shape index (κ2) is 1.85. The molecule has 0 bridgehead atoms. The number of nitrogens with two attached hydrogens (primary N) is 1. The topological polar surface area (TPSA) is 84.9 Å². The summed E-state index contributed by atoms with van der Waals surface area (Å²) in [5.74, 6) is -0.291. The van der Waals surface area contributed by atoms with Crippen LogP contribution in [0.5, 0.6) is 0 Å². The number of hydrogen-bond acceptors (Lipinski definition) is 4. The number of fused-ring (bicyclic) bond motifs is 1. The first kappa shape index (κ1) is 5.96. The van der Waals surface area contributed by atoms with Gasteiger partial charge in [0.25, 0.3) is 0 Å². The van der Waals surface area contributed by atoms with Gasteiger partial charge in [0.05, 0.1) is 5.52 Å². The largest absolute Gasteiger partial charge is 0.417 e. The molecule has 5 nitrogen and oxygen atoms in total. The molecule has 0 unspecified atom stereocenters. The molecule has 11 heavy (non-hydrogen) atoms. The van der Waals surface area contributed by atoms with Gasteiger partial charge in [-0.2, -0.15) is 0 Å².